The Balaban J connectivity index is 2.28. The third-order valence-electron chi connectivity index (χ3n) is 3.47. The normalized spacial score (nSPS) is 20.1. The van der Waals surface area contributed by atoms with E-state index < -0.39 is 0 Å². The molecule has 0 atom stereocenters. The first kappa shape index (κ1) is 10.6. The van der Waals surface area contributed by atoms with Crippen LogP contribution in [0.3, 0.4) is 0 Å². The highest BCUT2D eigenvalue weighted by atomic mass is 19.1. The van der Waals surface area contributed by atoms with Crippen LogP contribution in [0.5, 0.6) is 0 Å². The number of halogens is 1. The van der Waals surface area contributed by atoms with Crippen LogP contribution in [0.2, 0.25) is 0 Å². The van der Waals surface area contributed by atoms with E-state index in [1.807, 2.05) is 0 Å². The maximum Gasteiger partial charge on any atom is 0.141 e. The third-order valence-corrected chi connectivity index (χ3v) is 3.47. The van der Waals surface area contributed by atoms with Gasteiger partial charge in [0.25, 0.3) is 0 Å². The maximum atomic E-state index is 12.8. The van der Waals surface area contributed by atoms with Gasteiger partial charge in [-0.25, -0.2) is 4.39 Å². The minimum atomic E-state index is -0.276. The van der Waals surface area contributed by atoms with Crippen LogP contribution >= 0.6 is 0 Å². The Morgan fingerprint density at radius 3 is 2.53 bits per heavy atom. The van der Waals surface area contributed by atoms with Crippen molar-refractivity contribution in [2.45, 2.75) is 37.5 Å². The van der Waals surface area contributed by atoms with Gasteiger partial charge in [-0.2, -0.15) is 0 Å². The fourth-order valence-corrected chi connectivity index (χ4v) is 2.48. The molecule has 0 bridgehead atoms. The lowest BCUT2D eigenvalue weighted by Crippen LogP contribution is -2.37. The van der Waals surface area contributed by atoms with Gasteiger partial charge in [0, 0.05) is 17.7 Å². The molecule has 82 valence electrons. The van der Waals surface area contributed by atoms with Crippen molar-refractivity contribution in [3.05, 3.63) is 29.8 Å². The molecule has 1 aliphatic carbocycles. The summed E-state index contributed by atoms with van der Waals surface area (Å²) < 4.78 is 12.8. The minimum Gasteiger partial charge on any atom is -0.330 e. The number of hydrogen-bond acceptors (Lipinski definition) is 2. The zero-order chi connectivity index (χ0) is 10.7. The lowest BCUT2D eigenvalue weighted by atomic mass is 9.71. The highest BCUT2D eigenvalue weighted by Gasteiger charge is 2.33. The summed E-state index contributed by atoms with van der Waals surface area (Å²) in [5, 5.41) is 0. The molecule has 1 heterocycles. The van der Waals surface area contributed by atoms with E-state index >= 15 is 0 Å². The van der Waals surface area contributed by atoms with Crippen LogP contribution in [0.4, 0.5) is 4.39 Å². The SMILES string of the molecule is NCC1(c2ccc(F)cn2)CCCCC1. The molecule has 0 saturated heterocycles. The fourth-order valence-electron chi connectivity index (χ4n) is 2.48. The molecule has 1 aromatic rings. The molecule has 3 heteroatoms. The Morgan fingerprint density at radius 1 is 1.27 bits per heavy atom. The molecule has 1 saturated carbocycles. The molecule has 15 heavy (non-hydrogen) atoms. The molecule has 1 fully saturated rings. The van der Waals surface area contributed by atoms with E-state index in [9.17, 15) is 4.39 Å². The molecule has 0 amide bonds. The molecule has 0 aromatic carbocycles. The van der Waals surface area contributed by atoms with E-state index in [0.29, 0.717) is 6.54 Å². The summed E-state index contributed by atoms with van der Waals surface area (Å²) in [6, 6.07) is 3.27. The predicted octanol–water partition coefficient (Wildman–Crippen LogP) is 2.38. The standard InChI is InChI=1S/C12H17FN2/c13-10-4-5-11(15-8-10)12(9-14)6-2-1-3-7-12/h4-5,8H,1-3,6-7,9,14H2. The Labute approximate surface area is 89.7 Å². The number of rotatable bonds is 2. The number of nitrogens with zero attached hydrogens (tertiary/aromatic N) is 1. The van der Waals surface area contributed by atoms with E-state index in [0.717, 1.165) is 18.5 Å². The van der Waals surface area contributed by atoms with Crippen molar-refractivity contribution < 1.29 is 4.39 Å². The molecule has 2 nitrogen and oxygen atoms in total. The molecule has 2 rings (SSSR count). The van der Waals surface area contributed by atoms with Crippen molar-refractivity contribution >= 4 is 0 Å². The second-order valence-electron chi connectivity index (χ2n) is 4.41. The summed E-state index contributed by atoms with van der Waals surface area (Å²) in [5.74, 6) is -0.276. The van der Waals surface area contributed by atoms with Crippen molar-refractivity contribution in [1.82, 2.24) is 4.98 Å². The fraction of sp³-hybridized carbons (Fsp3) is 0.583. The van der Waals surface area contributed by atoms with Gasteiger partial charge in [-0.1, -0.05) is 19.3 Å². The van der Waals surface area contributed by atoms with Gasteiger partial charge >= 0.3 is 0 Å². The smallest absolute Gasteiger partial charge is 0.141 e. The van der Waals surface area contributed by atoms with Crippen molar-refractivity contribution in [3.8, 4) is 0 Å². The van der Waals surface area contributed by atoms with Crippen molar-refractivity contribution in [2.24, 2.45) is 5.73 Å². The van der Waals surface area contributed by atoms with Crippen molar-refractivity contribution in [1.29, 1.82) is 0 Å². The summed E-state index contributed by atoms with van der Waals surface area (Å²) in [5.41, 5.74) is 6.84. The van der Waals surface area contributed by atoms with Gasteiger partial charge in [-0.05, 0) is 25.0 Å². The van der Waals surface area contributed by atoms with Crippen LogP contribution in [-0.2, 0) is 5.41 Å². The summed E-state index contributed by atoms with van der Waals surface area (Å²) in [7, 11) is 0. The molecule has 0 spiro atoms. The molecule has 0 radical (unpaired) electrons. The molecule has 1 aliphatic rings. The average Bonchev–Trinajstić information content (AvgIpc) is 2.31. The predicted molar refractivity (Wildman–Crippen MR) is 58.0 cm³/mol. The van der Waals surface area contributed by atoms with E-state index in [1.165, 1.54) is 31.5 Å². The average molecular weight is 208 g/mol. The Hall–Kier alpha value is -0.960. The van der Waals surface area contributed by atoms with Crippen LogP contribution in [-0.4, -0.2) is 11.5 Å². The zero-order valence-electron chi connectivity index (χ0n) is 8.88. The summed E-state index contributed by atoms with van der Waals surface area (Å²) in [4.78, 5) is 4.19. The zero-order valence-corrected chi connectivity index (χ0v) is 8.88. The van der Waals surface area contributed by atoms with Crippen LogP contribution < -0.4 is 5.73 Å². The number of aromatic nitrogens is 1. The van der Waals surface area contributed by atoms with Gasteiger partial charge in [0.05, 0.1) is 6.20 Å². The Bertz CT molecular complexity index is 315. The lowest BCUT2D eigenvalue weighted by molar-refractivity contribution is 0.293. The third kappa shape index (κ3) is 2.02. The first-order chi connectivity index (χ1) is 7.27. The Morgan fingerprint density at radius 2 is 2.00 bits per heavy atom. The molecular weight excluding hydrogens is 191 g/mol. The maximum absolute atomic E-state index is 12.8. The topological polar surface area (TPSA) is 38.9 Å². The van der Waals surface area contributed by atoms with Gasteiger partial charge in [-0.3, -0.25) is 4.98 Å². The largest absolute Gasteiger partial charge is 0.330 e. The number of pyridine rings is 1. The molecule has 0 unspecified atom stereocenters. The van der Waals surface area contributed by atoms with Gasteiger partial charge in [0.2, 0.25) is 0 Å². The molecule has 1 aromatic heterocycles. The van der Waals surface area contributed by atoms with Gasteiger partial charge < -0.3 is 5.73 Å². The van der Waals surface area contributed by atoms with E-state index in [-0.39, 0.29) is 11.2 Å². The second kappa shape index (κ2) is 4.27. The summed E-state index contributed by atoms with van der Waals surface area (Å²) in [6.45, 7) is 0.617. The van der Waals surface area contributed by atoms with E-state index in [2.05, 4.69) is 4.98 Å². The lowest BCUT2D eigenvalue weighted by Gasteiger charge is -2.35. The van der Waals surface area contributed by atoms with E-state index in [4.69, 9.17) is 5.73 Å². The van der Waals surface area contributed by atoms with Crippen molar-refractivity contribution in [3.63, 3.8) is 0 Å². The molecule has 0 aliphatic heterocycles. The monoisotopic (exact) mass is 208 g/mol. The van der Waals surface area contributed by atoms with Crippen LogP contribution in [0.25, 0.3) is 0 Å². The molecular formula is C12H17FN2. The number of nitrogens with two attached hydrogens (primary N) is 1. The Kier molecular flexibility index (Phi) is 3.00. The van der Waals surface area contributed by atoms with Gasteiger partial charge in [-0.15, -0.1) is 0 Å². The van der Waals surface area contributed by atoms with E-state index in [1.54, 1.807) is 6.07 Å². The molecule has 2 N–H and O–H groups in total. The highest BCUT2D eigenvalue weighted by molar-refractivity contribution is 5.19. The number of hydrogen-bond donors (Lipinski definition) is 1. The van der Waals surface area contributed by atoms with Gasteiger partial charge in [0.1, 0.15) is 5.82 Å². The highest BCUT2D eigenvalue weighted by Crippen LogP contribution is 2.37. The minimum absolute atomic E-state index is 0.00590. The van der Waals surface area contributed by atoms with Crippen LogP contribution in [0.1, 0.15) is 37.8 Å². The summed E-state index contributed by atoms with van der Waals surface area (Å²) >= 11 is 0. The first-order valence-electron chi connectivity index (χ1n) is 5.59. The van der Waals surface area contributed by atoms with Gasteiger partial charge in [0.15, 0.2) is 0 Å². The summed E-state index contributed by atoms with van der Waals surface area (Å²) in [6.07, 6.45) is 7.15. The van der Waals surface area contributed by atoms with Crippen molar-refractivity contribution in [2.75, 3.05) is 6.54 Å². The quantitative estimate of drug-likeness (QED) is 0.810. The van der Waals surface area contributed by atoms with Crippen LogP contribution in [0, 0.1) is 5.82 Å². The van der Waals surface area contributed by atoms with Crippen LogP contribution in [0.15, 0.2) is 18.3 Å². The second-order valence-corrected chi connectivity index (χ2v) is 4.41. The first-order valence-corrected chi connectivity index (χ1v) is 5.59.